The summed E-state index contributed by atoms with van der Waals surface area (Å²) in [5.41, 5.74) is 4.34. The van der Waals surface area contributed by atoms with E-state index >= 15 is 0 Å². The van der Waals surface area contributed by atoms with Crippen molar-refractivity contribution in [2.24, 2.45) is 0 Å². The van der Waals surface area contributed by atoms with Crippen molar-refractivity contribution in [2.75, 3.05) is 47.3 Å². The summed E-state index contributed by atoms with van der Waals surface area (Å²) in [6.07, 6.45) is -7.75. The molecule has 0 saturated heterocycles. The largest absolute Gasteiger partial charge is 0.467 e. The number of hydrogen-bond donors (Lipinski definition) is 6. The number of carbonyl (C=O) groups is 4. The van der Waals surface area contributed by atoms with E-state index in [0.717, 1.165) is 33.4 Å². The smallest absolute Gasteiger partial charge is 0.408 e. The van der Waals surface area contributed by atoms with Crippen molar-refractivity contribution < 1.29 is 96.4 Å². The molecule has 532 valence electrons. The molecule has 0 heterocycles. The van der Waals surface area contributed by atoms with E-state index in [1.165, 1.54) is 14.2 Å². The topological polar surface area (TPSA) is 284 Å². The number of methoxy groups -OCH3 is 2. The van der Waals surface area contributed by atoms with Crippen LogP contribution in [0.1, 0.15) is 95.7 Å². The Balaban J connectivity index is 0.000000318. The zero-order chi connectivity index (χ0) is 71.0. The molecule has 0 aliphatic rings. The van der Waals surface area contributed by atoms with Crippen molar-refractivity contribution in [1.29, 1.82) is 0 Å². The number of ether oxygens (including phenoxy) is 12. The summed E-state index contributed by atoms with van der Waals surface area (Å²) in [6, 6.07) is 55.6. The summed E-state index contributed by atoms with van der Waals surface area (Å²) in [4.78, 5) is 48.9. The molecule has 6 rings (SSSR count). The molecule has 2 amide bonds. The molecule has 6 N–H and O–H groups in total. The van der Waals surface area contributed by atoms with Crippen LogP contribution in [0.5, 0.6) is 0 Å². The van der Waals surface area contributed by atoms with Crippen LogP contribution >= 0.6 is 0 Å². The van der Waals surface area contributed by atoms with Crippen LogP contribution in [0.15, 0.2) is 182 Å². The number of carbonyl (C=O) groups excluding carboxylic acids is 4. The Morgan fingerprint density at radius 3 is 0.928 bits per heavy atom. The molecule has 0 radical (unpaired) electrons. The lowest BCUT2D eigenvalue weighted by molar-refractivity contribution is -0.161. The summed E-state index contributed by atoms with van der Waals surface area (Å²) in [5.74, 6) is -1.36. The molecular formula is C75H102N2O20. The zero-order valence-electron chi connectivity index (χ0n) is 57.8. The van der Waals surface area contributed by atoms with E-state index in [2.05, 4.69) is 10.6 Å². The average molecular weight is 1350 g/mol. The van der Waals surface area contributed by atoms with E-state index in [0.29, 0.717) is 13.2 Å². The Hall–Kier alpha value is -7.68. The molecule has 0 fully saturated rings. The molecule has 0 unspecified atom stereocenters. The van der Waals surface area contributed by atoms with Crippen molar-refractivity contribution in [1.82, 2.24) is 10.6 Å². The van der Waals surface area contributed by atoms with Crippen molar-refractivity contribution in [3.8, 4) is 0 Å². The first kappa shape index (κ1) is 81.7. The lowest BCUT2D eigenvalue weighted by atomic mass is 10.1. The highest BCUT2D eigenvalue weighted by Crippen LogP contribution is 2.21. The van der Waals surface area contributed by atoms with Gasteiger partial charge in [-0.15, -0.1) is 0 Å². The molecule has 22 nitrogen and oxygen atoms in total. The van der Waals surface area contributed by atoms with Crippen molar-refractivity contribution in [3.63, 3.8) is 0 Å². The molecule has 0 spiro atoms. The van der Waals surface area contributed by atoms with Crippen LogP contribution in [0.4, 0.5) is 9.59 Å². The molecule has 22 heteroatoms. The van der Waals surface area contributed by atoms with Gasteiger partial charge in [-0.2, -0.15) is 0 Å². The molecule has 11 atom stereocenters. The van der Waals surface area contributed by atoms with E-state index in [-0.39, 0.29) is 59.5 Å². The van der Waals surface area contributed by atoms with Gasteiger partial charge in [-0.3, -0.25) is 0 Å². The first-order valence-corrected chi connectivity index (χ1v) is 32.3. The fraction of sp³-hybridized carbons (Fsp3) is 0.467. The minimum absolute atomic E-state index is 0.0132. The van der Waals surface area contributed by atoms with E-state index in [4.69, 9.17) is 56.8 Å². The summed E-state index contributed by atoms with van der Waals surface area (Å²) in [6.45, 7) is 16.2. The van der Waals surface area contributed by atoms with Crippen LogP contribution in [0.2, 0.25) is 0 Å². The Bertz CT molecular complexity index is 3050. The Kier molecular flexibility index (Phi) is 37.9. The molecule has 0 saturated carbocycles. The van der Waals surface area contributed by atoms with E-state index in [9.17, 15) is 39.6 Å². The predicted molar refractivity (Wildman–Crippen MR) is 364 cm³/mol. The Morgan fingerprint density at radius 1 is 0.371 bits per heavy atom. The molecular weight excluding hydrogens is 1250 g/mol. The number of amides is 2. The molecule has 97 heavy (non-hydrogen) atoms. The molecule has 6 aromatic carbocycles. The second kappa shape index (κ2) is 45.0. The molecule has 6 aromatic rings. The van der Waals surface area contributed by atoms with E-state index in [1.807, 2.05) is 182 Å². The number of alkyl carbamates (subject to hydrolysis) is 2. The number of aliphatic hydroxyl groups is 4. The number of aliphatic hydroxyl groups excluding tert-OH is 4. The SMILES string of the molecule is COC(=O)[C@H](COC[C@H](OCc1ccccc1)[C@@H](OCc1ccccc1)[C@H](C)O)NC(=O)OC(C)(C)C.COC(=O)[C@H](CO[C@@H](C)[C@H](OCc1ccccc1)[C@H](CO)OCc1ccccc1)NC(=O)OC(C)(C)C.C[C@H](O)[C@H](OCc1ccccc1)[C@H](CO)OCc1ccccc1. The van der Waals surface area contributed by atoms with Crippen molar-refractivity contribution >= 4 is 24.1 Å². The normalized spacial score (nSPS) is 14.8. The predicted octanol–water partition coefficient (Wildman–Crippen LogP) is 9.77. The summed E-state index contributed by atoms with van der Waals surface area (Å²) in [7, 11) is 2.44. The van der Waals surface area contributed by atoms with E-state index < -0.39 is 102 Å². The van der Waals surface area contributed by atoms with Gasteiger partial charge in [0.15, 0.2) is 12.1 Å². The second-order valence-electron chi connectivity index (χ2n) is 24.7. The van der Waals surface area contributed by atoms with Gasteiger partial charge in [0.1, 0.15) is 47.8 Å². The van der Waals surface area contributed by atoms with Gasteiger partial charge in [0.25, 0.3) is 0 Å². The second-order valence-corrected chi connectivity index (χ2v) is 24.7. The first-order valence-electron chi connectivity index (χ1n) is 32.3. The zero-order valence-corrected chi connectivity index (χ0v) is 57.8. The van der Waals surface area contributed by atoms with Gasteiger partial charge < -0.3 is 87.9 Å². The van der Waals surface area contributed by atoms with Crippen molar-refractivity contribution in [2.45, 2.75) is 180 Å². The van der Waals surface area contributed by atoms with Gasteiger partial charge in [0, 0.05) is 0 Å². The van der Waals surface area contributed by atoms with Crippen LogP contribution in [-0.2, 0) is 106 Å². The maximum Gasteiger partial charge on any atom is 0.408 e. The molecule has 0 bridgehead atoms. The number of rotatable bonds is 37. The number of nitrogens with one attached hydrogen (secondary N) is 2. The number of esters is 2. The van der Waals surface area contributed by atoms with Gasteiger partial charge in [-0.1, -0.05) is 182 Å². The molecule has 0 aliphatic heterocycles. The maximum absolute atomic E-state index is 12.3. The minimum atomic E-state index is -1.10. The highest BCUT2D eigenvalue weighted by Gasteiger charge is 2.34. The van der Waals surface area contributed by atoms with E-state index in [1.54, 1.807) is 62.3 Å². The van der Waals surface area contributed by atoms with Crippen LogP contribution in [0.3, 0.4) is 0 Å². The quantitative estimate of drug-likeness (QED) is 0.0156. The third-order valence-corrected chi connectivity index (χ3v) is 14.1. The van der Waals surface area contributed by atoms with Gasteiger partial charge in [0.05, 0.1) is 105 Å². The van der Waals surface area contributed by atoms with Crippen LogP contribution in [0, 0.1) is 0 Å². The summed E-state index contributed by atoms with van der Waals surface area (Å²) >= 11 is 0. The van der Waals surface area contributed by atoms with Crippen LogP contribution in [-0.4, -0.2) is 170 Å². The third kappa shape index (κ3) is 33.9. The Labute approximate surface area is 571 Å². The number of hydrogen-bond acceptors (Lipinski definition) is 20. The average Bonchev–Trinajstić information content (AvgIpc) is 0.971. The standard InChI is InChI=1S/2C28H39NO8.C19H24O4/c1-20(34-19-23(26(31)33-5)29-27(32)37-28(2,3)4)25(36-18-22-14-10-7-11-15-22)24(16-30)35-17-21-12-8-6-9-13-21;1-20(30)25(36-17-22-14-10-7-11-15-22)24(35-16-21-12-8-6-9-13-21)19-34-18-23(26(31)33-5)29-27(32)37-28(2,3)4;1-15(21)19(23-14-17-10-6-3-7-11-17)18(12-20)22-13-16-8-4-2-5-9-16/h2*6-15,20,23-25,30H,16-19H2,1-5H3,(H,29,32);2-11,15,18-21H,12-14H2,1H3/t2*20-,23-,24-,25-;15-,18-,19-/m000/s1. The van der Waals surface area contributed by atoms with Gasteiger partial charge in [-0.05, 0) is 95.7 Å². The third-order valence-electron chi connectivity index (χ3n) is 14.1. The van der Waals surface area contributed by atoms with Gasteiger partial charge in [-0.25, -0.2) is 19.2 Å². The van der Waals surface area contributed by atoms with Crippen LogP contribution < -0.4 is 10.6 Å². The Morgan fingerprint density at radius 2 is 0.639 bits per heavy atom. The lowest BCUT2D eigenvalue weighted by Crippen LogP contribution is -2.49. The highest BCUT2D eigenvalue weighted by atomic mass is 16.6. The highest BCUT2D eigenvalue weighted by molar-refractivity contribution is 5.82. The summed E-state index contributed by atoms with van der Waals surface area (Å²) in [5, 5.41) is 45.2. The first-order chi connectivity index (χ1) is 46.4. The fourth-order valence-electron chi connectivity index (χ4n) is 9.20. The minimum Gasteiger partial charge on any atom is -0.467 e. The monoisotopic (exact) mass is 1350 g/mol. The lowest BCUT2D eigenvalue weighted by Gasteiger charge is -2.32. The maximum atomic E-state index is 12.3. The van der Waals surface area contributed by atoms with Gasteiger partial charge in [0.2, 0.25) is 0 Å². The molecule has 0 aliphatic carbocycles. The fourth-order valence-corrected chi connectivity index (χ4v) is 9.20. The van der Waals surface area contributed by atoms with Crippen LogP contribution in [0.25, 0.3) is 0 Å². The summed E-state index contributed by atoms with van der Waals surface area (Å²) < 4.78 is 67.7. The molecule has 0 aromatic heterocycles. The van der Waals surface area contributed by atoms with Crippen molar-refractivity contribution in [3.05, 3.63) is 215 Å². The number of benzene rings is 6. The van der Waals surface area contributed by atoms with Gasteiger partial charge >= 0.3 is 24.1 Å².